The fraction of sp³-hybridized carbons (Fsp3) is 0. The Balaban J connectivity index is 2.73. The molecule has 0 fully saturated rings. The Kier molecular flexibility index (Phi) is 19.1. The molecule has 0 atom stereocenters. The van der Waals surface area contributed by atoms with E-state index in [4.69, 9.17) is 0 Å². The summed E-state index contributed by atoms with van der Waals surface area (Å²) < 4.78 is 0. The van der Waals surface area contributed by atoms with Crippen LogP contribution in [0.5, 0.6) is 0 Å². The molecule has 1 rings (SSSR count). The van der Waals surface area contributed by atoms with E-state index >= 15 is 0 Å². The molecule has 0 aromatic heterocycles. The molecular formula is C24P6-6. The summed E-state index contributed by atoms with van der Waals surface area (Å²) in [5.41, 5.74) is 33.5. The van der Waals surface area contributed by atoms with Gasteiger partial charge in [-0.15, -0.1) is 0 Å². The lowest BCUT2D eigenvalue weighted by atomic mass is 10.7. The summed E-state index contributed by atoms with van der Waals surface area (Å²) in [5, 5.41) is 0. The molecular weight excluding hydrogens is 474 g/mol. The molecule has 1 aliphatic rings. The van der Waals surface area contributed by atoms with Gasteiger partial charge in [-0.25, -0.2) is 0 Å². The number of hydrogen-bond donors (Lipinski definition) is 0. The zero-order chi connectivity index (χ0) is 21.2. The zero-order valence-corrected chi connectivity index (χ0v) is 20.0. The molecule has 0 aliphatic carbocycles. The van der Waals surface area contributed by atoms with Gasteiger partial charge >= 0.3 is 0 Å². The van der Waals surface area contributed by atoms with Crippen LogP contribution in [0.15, 0.2) is 0 Å². The Morgan fingerprint density at radius 1 is 0.167 bits per heavy atom. The second kappa shape index (κ2) is 22.6. The fourth-order valence-corrected chi connectivity index (χ4v) is 2.52. The molecule has 0 unspecified atom stereocenters. The van der Waals surface area contributed by atoms with Crippen molar-refractivity contribution in [2.75, 3.05) is 0 Å². The second-order valence-corrected chi connectivity index (χ2v) is 7.54. The minimum Gasteiger partial charge on any atom is -0.364 e. The summed E-state index contributed by atoms with van der Waals surface area (Å²) in [4.78, 5) is 0. The first-order valence-corrected chi connectivity index (χ1v) is 12.5. The highest BCUT2D eigenvalue weighted by atomic mass is 31.1. The molecule has 0 aromatic rings. The number of rotatable bonds is 0. The van der Waals surface area contributed by atoms with E-state index in [9.17, 15) is 0 Å². The molecule has 1 heterocycles. The minimum absolute atomic E-state index is 0.643. The monoisotopic (exact) mass is 474 g/mol. The molecule has 6 heteroatoms. The highest BCUT2D eigenvalue weighted by Crippen LogP contribution is 2.06. The van der Waals surface area contributed by atoms with E-state index in [2.05, 4.69) is 139 Å². The molecule has 0 spiro atoms. The largest absolute Gasteiger partial charge is 0.364 e. The summed E-state index contributed by atoms with van der Waals surface area (Å²) in [5.74, 6) is 32.3. The van der Waals surface area contributed by atoms with Crippen molar-refractivity contribution in [3.63, 3.8) is 0 Å². The van der Waals surface area contributed by atoms with Crippen molar-refractivity contribution in [3.8, 4) is 139 Å². The van der Waals surface area contributed by atoms with Gasteiger partial charge in [0.2, 0.25) is 0 Å². The topological polar surface area (TPSA) is 0 Å². The van der Waals surface area contributed by atoms with Gasteiger partial charge in [0.1, 0.15) is 0 Å². The smallest absolute Gasteiger partial charge is 0.0526 e. The Morgan fingerprint density at radius 2 is 0.267 bits per heavy atom. The van der Waals surface area contributed by atoms with E-state index in [1.165, 1.54) is 0 Å². The first-order valence-electron chi connectivity index (χ1n) is 7.18. The van der Waals surface area contributed by atoms with E-state index in [0.29, 0.717) is 51.5 Å². The molecule has 1 aliphatic heterocycles. The van der Waals surface area contributed by atoms with E-state index in [0.717, 1.165) is 0 Å². The van der Waals surface area contributed by atoms with Crippen LogP contribution in [0, 0.1) is 139 Å². The maximum atomic E-state index is 2.79. The third-order valence-electron chi connectivity index (χ3n) is 1.72. The molecule has 0 saturated carbocycles. The Hall–Kier alpha value is -2.70. The van der Waals surface area contributed by atoms with Crippen LogP contribution in [0.2, 0.25) is 0 Å². The molecule has 0 amide bonds. The molecule has 30 heavy (non-hydrogen) atoms. The Morgan fingerprint density at radius 3 is 0.367 bits per heavy atom. The summed E-state index contributed by atoms with van der Waals surface area (Å²) in [6, 6.07) is 0. The third-order valence-corrected chi connectivity index (χ3v) is 4.40. The lowest BCUT2D eigenvalue weighted by Gasteiger charge is -1.93. The third kappa shape index (κ3) is 20.0. The molecule has 132 valence electrons. The summed E-state index contributed by atoms with van der Waals surface area (Å²) in [7, 11) is 3.86. The van der Waals surface area contributed by atoms with Gasteiger partial charge in [-0.1, -0.05) is 71.0 Å². The van der Waals surface area contributed by atoms with Crippen molar-refractivity contribution in [2.24, 2.45) is 0 Å². The molecule has 0 aromatic carbocycles. The Labute approximate surface area is 190 Å². The van der Waals surface area contributed by atoms with Gasteiger partial charge in [-0.2, -0.15) is 0 Å². The highest BCUT2D eigenvalue weighted by Gasteiger charge is 1.49. The number of hydrogen-bond acceptors (Lipinski definition) is 0. The first kappa shape index (κ1) is 25.3. The van der Waals surface area contributed by atoms with Crippen molar-refractivity contribution in [3.05, 3.63) is 0 Å². The van der Waals surface area contributed by atoms with E-state index in [1.807, 2.05) is 0 Å². The van der Waals surface area contributed by atoms with Crippen LogP contribution in [0.25, 0.3) is 0 Å². The predicted octanol–water partition coefficient (Wildman–Crippen LogP) is 5.21. The average molecular weight is 474 g/mol. The maximum absolute atomic E-state index is 2.79. The molecule has 0 bridgehead atoms. The second-order valence-electron chi connectivity index (χ2n) is 3.51. The summed E-state index contributed by atoms with van der Waals surface area (Å²) in [6.07, 6.45) is 0. The highest BCUT2D eigenvalue weighted by molar-refractivity contribution is 7.51. The molecule has 0 radical (unpaired) electrons. The summed E-state index contributed by atoms with van der Waals surface area (Å²) in [6.45, 7) is 0. The van der Waals surface area contributed by atoms with Gasteiger partial charge < -0.3 is 51.5 Å². The van der Waals surface area contributed by atoms with Gasteiger partial charge in [0.15, 0.2) is 0 Å². The van der Waals surface area contributed by atoms with Crippen LogP contribution in [0.4, 0.5) is 0 Å². The molecule has 0 N–H and O–H groups in total. The van der Waals surface area contributed by atoms with Crippen molar-refractivity contribution in [2.45, 2.75) is 0 Å². The lowest BCUT2D eigenvalue weighted by molar-refractivity contribution is 2.52. The SMILES string of the molecule is C1#C[P-]C#CC#C[P-]C#CC#C[P-]C#CC#C[P-]C#CC#C[P-]C#CC#C[P-]C#C1. The standard InChI is InChI=1S/C24P6/c1-2-14-26-16-5-6-18-28-20-9-10-22-30-24-12-11-23-29-21-8-7-19-27-17-4-3-15-25-13-1/q-6. The van der Waals surface area contributed by atoms with Crippen LogP contribution in [-0.2, 0) is 0 Å². The van der Waals surface area contributed by atoms with Gasteiger partial charge in [-0.05, 0) is 0 Å². The lowest BCUT2D eigenvalue weighted by Crippen LogP contribution is -1.50. The van der Waals surface area contributed by atoms with Crippen molar-refractivity contribution in [1.29, 1.82) is 0 Å². The van der Waals surface area contributed by atoms with Crippen molar-refractivity contribution >= 4 is 51.5 Å². The maximum Gasteiger partial charge on any atom is -0.0526 e. The zero-order valence-electron chi connectivity index (χ0n) is 14.7. The minimum atomic E-state index is 0.643. The quantitative estimate of drug-likeness (QED) is 0.334. The summed E-state index contributed by atoms with van der Waals surface area (Å²) >= 11 is 0. The van der Waals surface area contributed by atoms with Gasteiger partial charge in [0, 0.05) is 0 Å². The van der Waals surface area contributed by atoms with Crippen LogP contribution in [0.3, 0.4) is 0 Å². The molecule has 0 saturated heterocycles. The van der Waals surface area contributed by atoms with Gasteiger partial charge in [0.25, 0.3) is 0 Å². The van der Waals surface area contributed by atoms with Crippen molar-refractivity contribution < 1.29 is 0 Å². The van der Waals surface area contributed by atoms with E-state index in [-0.39, 0.29) is 0 Å². The average Bonchev–Trinajstić information content (AvgIpc) is 2.76. The van der Waals surface area contributed by atoms with Crippen molar-refractivity contribution in [1.82, 2.24) is 0 Å². The Bertz CT molecular complexity index is 1010. The fourth-order valence-electron chi connectivity index (χ4n) is 0.839. The van der Waals surface area contributed by atoms with Crippen LogP contribution >= 0.6 is 51.5 Å². The van der Waals surface area contributed by atoms with E-state index in [1.54, 1.807) is 0 Å². The normalized spacial score (nSPS) is 16.0. The van der Waals surface area contributed by atoms with E-state index < -0.39 is 0 Å². The predicted molar refractivity (Wildman–Crippen MR) is 135 cm³/mol. The van der Waals surface area contributed by atoms with Gasteiger partial charge in [-0.3, -0.25) is 67.9 Å². The van der Waals surface area contributed by atoms with Gasteiger partial charge in [0.05, 0.1) is 0 Å². The van der Waals surface area contributed by atoms with Crippen LogP contribution in [-0.4, -0.2) is 0 Å². The molecule has 0 nitrogen and oxygen atoms in total. The first-order chi connectivity index (χ1) is 15.0. The van der Waals surface area contributed by atoms with Crippen LogP contribution in [0.1, 0.15) is 0 Å². The van der Waals surface area contributed by atoms with Crippen LogP contribution < -0.4 is 0 Å².